The third-order valence-electron chi connectivity index (χ3n) is 4.42. The Labute approximate surface area is 168 Å². The molecular formula is C20H32N2O5S. The van der Waals surface area contributed by atoms with Gasteiger partial charge in [-0.25, -0.2) is 8.42 Å². The van der Waals surface area contributed by atoms with Crippen molar-refractivity contribution in [2.75, 3.05) is 26.7 Å². The summed E-state index contributed by atoms with van der Waals surface area (Å²) in [5.74, 6) is -0.989. The van der Waals surface area contributed by atoms with Crippen LogP contribution in [0.1, 0.15) is 62.7 Å². The Bertz CT molecular complexity index is 725. The minimum Gasteiger partial charge on any atom is -0.481 e. The first-order chi connectivity index (χ1) is 13.2. The molecule has 0 aliphatic carbocycles. The number of rotatable bonds is 13. The highest BCUT2D eigenvalue weighted by molar-refractivity contribution is 7.89. The minimum absolute atomic E-state index is 0.140. The molecule has 1 N–H and O–H groups in total. The van der Waals surface area contributed by atoms with Crippen LogP contribution in [0.15, 0.2) is 29.2 Å². The average Bonchev–Trinajstić information content (AvgIpc) is 2.66. The molecule has 0 spiro atoms. The topological polar surface area (TPSA) is 95.0 Å². The highest BCUT2D eigenvalue weighted by Gasteiger charge is 2.23. The molecule has 0 heterocycles. The third kappa shape index (κ3) is 7.24. The number of amides is 1. The predicted octanol–water partition coefficient (Wildman–Crippen LogP) is 3.21. The van der Waals surface area contributed by atoms with Crippen molar-refractivity contribution < 1.29 is 23.1 Å². The van der Waals surface area contributed by atoms with Crippen LogP contribution in [0.4, 0.5) is 0 Å². The second kappa shape index (κ2) is 11.8. The zero-order chi connectivity index (χ0) is 21.2. The van der Waals surface area contributed by atoms with Crippen molar-refractivity contribution in [3.05, 3.63) is 29.8 Å². The Hall–Kier alpha value is -1.93. The molecule has 7 nitrogen and oxygen atoms in total. The van der Waals surface area contributed by atoms with Gasteiger partial charge in [0, 0.05) is 38.7 Å². The summed E-state index contributed by atoms with van der Waals surface area (Å²) in [5.41, 5.74) is 0.435. The number of unbranched alkanes of at least 4 members (excludes halogenated alkanes) is 2. The van der Waals surface area contributed by atoms with Gasteiger partial charge in [-0.1, -0.05) is 20.3 Å². The number of aliphatic carboxylic acids is 1. The Balaban J connectivity index is 2.72. The summed E-state index contributed by atoms with van der Waals surface area (Å²) >= 11 is 0. The van der Waals surface area contributed by atoms with E-state index < -0.39 is 16.0 Å². The highest BCUT2D eigenvalue weighted by Crippen LogP contribution is 2.18. The molecule has 1 aromatic rings. The quantitative estimate of drug-likeness (QED) is 0.502. The van der Waals surface area contributed by atoms with Crippen molar-refractivity contribution in [3.8, 4) is 0 Å². The molecule has 0 aromatic heterocycles. The molecule has 0 saturated carbocycles. The summed E-state index contributed by atoms with van der Waals surface area (Å²) < 4.78 is 27.0. The largest absolute Gasteiger partial charge is 0.481 e. The molecule has 0 unspecified atom stereocenters. The van der Waals surface area contributed by atoms with Gasteiger partial charge in [-0.05, 0) is 49.9 Å². The number of carbonyl (C=O) groups excluding carboxylic acids is 1. The minimum atomic E-state index is -3.56. The molecule has 8 heteroatoms. The van der Waals surface area contributed by atoms with Crippen LogP contribution >= 0.6 is 0 Å². The van der Waals surface area contributed by atoms with E-state index in [9.17, 15) is 18.0 Å². The maximum absolute atomic E-state index is 12.8. The second-order valence-electron chi connectivity index (χ2n) is 6.86. The van der Waals surface area contributed by atoms with Gasteiger partial charge in [0.25, 0.3) is 5.91 Å². The molecule has 158 valence electrons. The van der Waals surface area contributed by atoms with Crippen LogP contribution in [0.3, 0.4) is 0 Å². The Morgan fingerprint density at radius 1 is 0.929 bits per heavy atom. The fourth-order valence-corrected chi connectivity index (χ4v) is 4.52. The lowest BCUT2D eigenvalue weighted by molar-refractivity contribution is -0.137. The zero-order valence-corrected chi connectivity index (χ0v) is 17.9. The summed E-state index contributed by atoms with van der Waals surface area (Å²) in [6.07, 6.45) is 3.69. The predicted molar refractivity (Wildman–Crippen MR) is 109 cm³/mol. The molecule has 1 rings (SSSR count). The van der Waals surface area contributed by atoms with E-state index in [4.69, 9.17) is 5.11 Å². The summed E-state index contributed by atoms with van der Waals surface area (Å²) in [7, 11) is -1.87. The van der Waals surface area contributed by atoms with Crippen LogP contribution < -0.4 is 0 Å². The standard InChI is InChI=1S/C20H32N2O5S/c1-4-14-22(15-5-2)28(26,27)18-12-10-17(11-13-18)20(25)21(3)16-8-6-7-9-19(23)24/h10-13H,4-9,14-16H2,1-3H3,(H,23,24). The Morgan fingerprint density at radius 2 is 1.50 bits per heavy atom. The lowest BCUT2D eigenvalue weighted by Gasteiger charge is -2.21. The lowest BCUT2D eigenvalue weighted by atomic mass is 10.1. The van der Waals surface area contributed by atoms with Crippen LogP contribution in [0.2, 0.25) is 0 Å². The number of nitrogens with zero attached hydrogens (tertiary/aromatic N) is 2. The summed E-state index contributed by atoms with van der Waals surface area (Å²) in [5, 5.41) is 8.62. The van der Waals surface area contributed by atoms with E-state index in [0.717, 1.165) is 25.7 Å². The van der Waals surface area contributed by atoms with E-state index in [2.05, 4.69) is 0 Å². The van der Waals surface area contributed by atoms with Gasteiger partial charge >= 0.3 is 5.97 Å². The van der Waals surface area contributed by atoms with E-state index in [1.165, 1.54) is 16.4 Å². The normalized spacial score (nSPS) is 11.6. The zero-order valence-electron chi connectivity index (χ0n) is 17.1. The van der Waals surface area contributed by atoms with Crippen molar-refractivity contribution >= 4 is 21.9 Å². The van der Waals surface area contributed by atoms with Gasteiger partial charge in [-0.15, -0.1) is 0 Å². The smallest absolute Gasteiger partial charge is 0.303 e. The summed E-state index contributed by atoms with van der Waals surface area (Å²) in [6, 6.07) is 6.07. The number of hydrogen-bond acceptors (Lipinski definition) is 4. The van der Waals surface area contributed by atoms with Crippen molar-refractivity contribution in [2.24, 2.45) is 0 Å². The molecular weight excluding hydrogens is 380 g/mol. The maximum atomic E-state index is 12.8. The first-order valence-electron chi connectivity index (χ1n) is 9.81. The van der Waals surface area contributed by atoms with E-state index in [1.807, 2.05) is 13.8 Å². The van der Waals surface area contributed by atoms with Crippen LogP contribution in [0, 0.1) is 0 Å². The van der Waals surface area contributed by atoms with Gasteiger partial charge < -0.3 is 10.0 Å². The van der Waals surface area contributed by atoms with Crippen LogP contribution in [0.5, 0.6) is 0 Å². The first kappa shape index (κ1) is 24.1. The second-order valence-corrected chi connectivity index (χ2v) is 8.80. The maximum Gasteiger partial charge on any atom is 0.303 e. The van der Waals surface area contributed by atoms with E-state index in [0.29, 0.717) is 31.6 Å². The number of benzene rings is 1. The average molecular weight is 413 g/mol. The molecule has 0 radical (unpaired) electrons. The molecule has 1 aromatic carbocycles. The molecule has 0 aliphatic rings. The fourth-order valence-electron chi connectivity index (χ4n) is 2.89. The van der Waals surface area contributed by atoms with Crippen LogP contribution in [-0.2, 0) is 14.8 Å². The van der Waals surface area contributed by atoms with Gasteiger partial charge in [0.15, 0.2) is 0 Å². The number of sulfonamides is 1. The number of carbonyl (C=O) groups is 2. The number of hydrogen-bond donors (Lipinski definition) is 1. The van der Waals surface area contributed by atoms with Gasteiger partial charge in [0.1, 0.15) is 0 Å². The van der Waals surface area contributed by atoms with Gasteiger partial charge in [-0.2, -0.15) is 4.31 Å². The SMILES string of the molecule is CCCN(CCC)S(=O)(=O)c1ccc(C(=O)N(C)CCCCCC(=O)O)cc1. The van der Waals surface area contributed by atoms with Crippen molar-refractivity contribution in [1.29, 1.82) is 0 Å². The van der Waals surface area contributed by atoms with E-state index in [-0.39, 0.29) is 17.2 Å². The van der Waals surface area contributed by atoms with E-state index in [1.54, 1.807) is 24.1 Å². The number of carboxylic acid groups (broad SMARTS) is 1. The van der Waals surface area contributed by atoms with Crippen LogP contribution in [0.25, 0.3) is 0 Å². The molecule has 0 saturated heterocycles. The Kier molecular flexibility index (Phi) is 10.2. The molecule has 28 heavy (non-hydrogen) atoms. The van der Waals surface area contributed by atoms with Crippen molar-refractivity contribution in [3.63, 3.8) is 0 Å². The molecule has 1 amide bonds. The van der Waals surface area contributed by atoms with E-state index >= 15 is 0 Å². The third-order valence-corrected chi connectivity index (χ3v) is 6.33. The van der Waals surface area contributed by atoms with Crippen molar-refractivity contribution in [2.45, 2.75) is 57.3 Å². The van der Waals surface area contributed by atoms with Gasteiger partial charge in [-0.3, -0.25) is 9.59 Å². The first-order valence-corrected chi connectivity index (χ1v) is 11.3. The van der Waals surface area contributed by atoms with Gasteiger partial charge in [0.05, 0.1) is 4.90 Å². The summed E-state index contributed by atoms with van der Waals surface area (Å²) in [6.45, 7) is 5.36. The molecule has 0 fully saturated rings. The highest BCUT2D eigenvalue weighted by atomic mass is 32.2. The monoisotopic (exact) mass is 412 g/mol. The molecule has 0 bridgehead atoms. The van der Waals surface area contributed by atoms with Crippen LogP contribution in [-0.4, -0.2) is 61.3 Å². The fraction of sp³-hybridized carbons (Fsp3) is 0.600. The lowest BCUT2D eigenvalue weighted by Crippen LogP contribution is -2.32. The number of carboxylic acids is 1. The summed E-state index contributed by atoms with van der Waals surface area (Å²) in [4.78, 5) is 24.8. The molecule has 0 aliphatic heterocycles. The molecule has 0 atom stereocenters. The Morgan fingerprint density at radius 3 is 2.00 bits per heavy atom. The van der Waals surface area contributed by atoms with Gasteiger partial charge in [0.2, 0.25) is 10.0 Å². The van der Waals surface area contributed by atoms with Crippen molar-refractivity contribution in [1.82, 2.24) is 9.21 Å².